The maximum absolute atomic E-state index is 13.9. The molecule has 1 atom stereocenters. The fourth-order valence-electron chi connectivity index (χ4n) is 2.17. The van der Waals surface area contributed by atoms with E-state index in [1.54, 1.807) is 6.07 Å². The lowest BCUT2D eigenvalue weighted by atomic mass is 9.98. The molecule has 0 fully saturated rings. The molecule has 0 spiro atoms. The summed E-state index contributed by atoms with van der Waals surface area (Å²) in [6.07, 6.45) is 1.52. The first-order chi connectivity index (χ1) is 9.63. The summed E-state index contributed by atoms with van der Waals surface area (Å²) in [5, 5.41) is 0. The highest BCUT2D eigenvalue weighted by molar-refractivity contribution is 9.10. The van der Waals surface area contributed by atoms with Crippen LogP contribution in [0.25, 0.3) is 0 Å². The van der Waals surface area contributed by atoms with Crippen LogP contribution in [0.1, 0.15) is 29.7 Å². The molecule has 0 amide bonds. The molecule has 0 heterocycles. The van der Waals surface area contributed by atoms with E-state index in [0.717, 1.165) is 16.5 Å². The Kier molecular flexibility index (Phi) is 5.29. The van der Waals surface area contributed by atoms with Crippen molar-refractivity contribution in [3.05, 3.63) is 69.4 Å². The number of halogens is 2. The highest BCUT2D eigenvalue weighted by Gasteiger charge is 2.13. The fraction of sp³-hybridized carbons (Fsp3) is 0.250. The molecule has 0 aliphatic heterocycles. The first kappa shape index (κ1) is 15.2. The third-order valence-corrected chi connectivity index (χ3v) is 3.92. The van der Waals surface area contributed by atoms with Gasteiger partial charge < -0.3 is 0 Å². The van der Waals surface area contributed by atoms with Gasteiger partial charge in [0.25, 0.3) is 0 Å². The summed E-state index contributed by atoms with van der Waals surface area (Å²) in [6, 6.07) is 13.2. The maximum atomic E-state index is 13.9. The van der Waals surface area contributed by atoms with E-state index in [9.17, 15) is 4.39 Å². The molecule has 4 heteroatoms. The Morgan fingerprint density at radius 1 is 1.20 bits per heavy atom. The van der Waals surface area contributed by atoms with Gasteiger partial charge in [-0.05, 0) is 41.7 Å². The zero-order valence-corrected chi connectivity index (χ0v) is 13.0. The van der Waals surface area contributed by atoms with Gasteiger partial charge in [0.05, 0.1) is 6.04 Å². The van der Waals surface area contributed by atoms with Crippen LogP contribution in [0.5, 0.6) is 0 Å². The molecule has 0 aromatic heterocycles. The number of hydrogen-bond acceptors (Lipinski definition) is 2. The van der Waals surface area contributed by atoms with E-state index in [2.05, 4.69) is 40.4 Å². The van der Waals surface area contributed by atoms with E-state index in [-0.39, 0.29) is 11.9 Å². The molecule has 2 nitrogen and oxygen atoms in total. The zero-order valence-electron chi connectivity index (χ0n) is 11.4. The van der Waals surface area contributed by atoms with E-state index >= 15 is 0 Å². The lowest BCUT2D eigenvalue weighted by Gasteiger charge is -2.17. The number of benzene rings is 2. The molecule has 0 aliphatic carbocycles. The summed E-state index contributed by atoms with van der Waals surface area (Å²) in [5.41, 5.74) is 5.76. The van der Waals surface area contributed by atoms with Gasteiger partial charge in [-0.1, -0.05) is 53.2 Å². The molecule has 0 saturated heterocycles. The van der Waals surface area contributed by atoms with Gasteiger partial charge in [0, 0.05) is 4.47 Å². The SMILES string of the molecule is CCc1ccc(C(Cc2ccc(Br)cc2F)NN)cc1. The van der Waals surface area contributed by atoms with Crippen molar-refractivity contribution in [2.45, 2.75) is 25.8 Å². The van der Waals surface area contributed by atoms with Crippen molar-refractivity contribution in [1.82, 2.24) is 5.43 Å². The smallest absolute Gasteiger partial charge is 0.127 e. The summed E-state index contributed by atoms with van der Waals surface area (Å²) in [5.74, 6) is 5.40. The molecular weight excluding hydrogens is 319 g/mol. The molecule has 20 heavy (non-hydrogen) atoms. The van der Waals surface area contributed by atoms with Crippen LogP contribution in [0.2, 0.25) is 0 Å². The average molecular weight is 337 g/mol. The molecular formula is C16H18BrFN2. The fourth-order valence-corrected chi connectivity index (χ4v) is 2.50. The number of hydrogen-bond donors (Lipinski definition) is 2. The number of rotatable bonds is 5. The first-order valence-electron chi connectivity index (χ1n) is 6.63. The van der Waals surface area contributed by atoms with E-state index in [4.69, 9.17) is 5.84 Å². The Labute approximate surface area is 127 Å². The van der Waals surface area contributed by atoms with Gasteiger partial charge in [0.1, 0.15) is 5.82 Å². The molecule has 1 unspecified atom stereocenters. The average Bonchev–Trinajstić information content (AvgIpc) is 2.47. The van der Waals surface area contributed by atoms with Crippen molar-refractivity contribution in [2.24, 2.45) is 5.84 Å². The Morgan fingerprint density at radius 2 is 1.90 bits per heavy atom. The molecule has 2 rings (SSSR count). The van der Waals surface area contributed by atoms with Crippen LogP contribution in [0, 0.1) is 5.82 Å². The van der Waals surface area contributed by atoms with E-state index in [0.29, 0.717) is 12.0 Å². The van der Waals surface area contributed by atoms with E-state index in [1.165, 1.54) is 11.6 Å². The lowest BCUT2D eigenvalue weighted by molar-refractivity contribution is 0.529. The minimum absolute atomic E-state index is 0.100. The van der Waals surface area contributed by atoms with Crippen LogP contribution in [0.3, 0.4) is 0 Å². The Hall–Kier alpha value is -1.23. The molecule has 0 aliphatic rings. The van der Waals surface area contributed by atoms with Gasteiger partial charge in [-0.3, -0.25) is 11.3 Å². The molecule has 2 aromatic carbocycles. The number of hydrazine groups is 1. The van der Waals surface area contributed by atoms with Gasteiger partial charge in [-0.2, -0.15) is 0 Å². The number of nitrogens with one attached hydrogen (secondary N) is 1. The molecule has 0 bridgehead atoms. The third kappa shape index (κ3) is 3.66. The Balaban J connectivity index is 2.19. The van der Waals surface area contributed by atoms with E-state index < -0.39 is 0 Å². The summed E-state index contributed by atoms with van der Waals surface area (Å²) < 4.78 is 14.6. The van der Waals surface area contributed by atoms with Crippen LogP contribution < -0.4 is 11.3 Å². The second-order valence-electron chi connectivity index (χ2n) is 4.75. The van der Waals surface area contributed by atoms with Gasteiger partial charge in [0.2, 0.25) is 0 Å². The molecule has 106 valence electrons. The van der Waals surface area contributed by atoms with Crippen molar-refractivity contribution >= 4 is 15.9 Å². The molecule has 0 radical (unpaired) electrons. The van der Waals surface area contributed by atoms with Crippen molar-refractivity contribution in [3.8, 4) is 0 Å². The minimum atomic E-state index is -0.218. The van der Waals surface area contributed by atoms with Crippen LogP contribution in [-0.4, -0.2) is 0 Å². The summed E-state index contributed by atoms with van der Waals surface area (Å²) in [6.45, 7) is 2.12. The standard InChI is InChI=1S/C16H18BrFN2/c1-2-11-3-5-12(6-4-11)16(20-19)9-13-7-8-14(17)10-15(13)18/h3-8,10,16,20H,2,9,19H2,1H3. The normalized spacial score (nSPS) is 12.4. The number of aryl methyl sites for hydroxylation is 1. The third-order valence-electron chi connectivity index (χ3n) is 3.43. The Bertz CT molecular complexity index is 569. The van der Waals surface area contributed by atoms with Crippen molar-refractivity contribution in [1.29, 1.82) is 0 Å². The summed E-state index contributed by atoms with van der Waals surface area (Å²) in [7, 11) is 0. The number of nitrogens with two attached hydrogens (primary N) is 1. The summed E-state index contributed by atoms with van der Waals surface area (Å²) >= 11 is 3.26. The predicted octanol–water partition coefficient (Wildman–Crippen LogP) is 3.90. The maximum Gasteiger partial charge on any atom is 0.127 e. The molecule has 2 aromatic rings. The zero-order chi connectivity index (χ0) is 14.5. The van der Waals surface area contributed by atoms with Gasteiger partial charge in [0.15, 0.2) is 0 Å². The first-order valence-corrected chi connectivity index (χ1v) is 7.42. The predicted molar refractivity (Wildman–Crippen MR) is 83.7 cm³/mol. The van der Waals surface area contributed by atoms with Gasteiger partial charge in [-0.25, -0.2) is 4.39 Å². The van der Waals surface area contributed by atoms with Crippen molar-refractivity contribution < 1.29 is 4.39 Å². The van der Waals surface area contributed by atoms with E-state index in [1.807, 2.05) is 18.2 Å². The highest BCUT2D eigenvalue weighted by atomic mass is 79.9. The monoisotopic (exact) mass is 336 g/mol. The molecule has 0 saturated carbocycles. The van der Waals surface area contributed by atoms with Crippen molar-refractivity contribution in [2.75, 3.05) is 0 Å². The van der Waals surface area contributed by atoms with Crippen LogP contribution in [-0.2, 0) is 12.8 Å². The Morgan fingerprint density at radius 3 is 2.45 bits per heavy atom. The van der Waals surface area contributed by atoms with Crippen molar-refractivity contribution in [3.63, 3.8) is 0 Å². The highest BCUT2D eigenvalue weighted by Crippen LogP contribution is 2.22. The molecule has 3 N–H and O–H groups in total. The van der Waals surface area contributed by atoms with Gasteiger partial charge in [-0.15, -0.1) is 0 Å². The second-order valence-corrected chi connectivity index (χ2v) is 5.67. The minimum Gasteiger partial charge on any atom is -0.271 e. The quantitative estimate of drug-likeness (QED) is 0.642. The largest absolute Gasteiger partial charge is 0.271 e. The lowest BCUT2D eigenvalue weighted by Crippen LogP contribution is -2.29. The second kappa shape index (κ2) is 6.97. The topological polar surface area (TPSA) is 38.0 Å². The summed E-state index contributed by atoms with van der Waals surface area (Å²) in [4.78, 5) is 0. The van der Waals surface area contributed by atoms with Crippen LogP contribution >= 0.6 is 15.9 Å². The van der Waals surface area contributed by atoms with Gasteiger partial charge >= 0.3 is 0 Å². The van der Waals surface area contributed by atoms with Crippen LogP contribution in [0.4, 0.5) is 4.39 Å². The van der Waals surface area contributed by atoms with Crippen LogP contribution in [0.15, 0.2) is 46.9 Å².